The largest absolute Gasteiger partial charge is 0.487 e. The lowest BCUT2D eigenvalue weighted by atomic mass is 9.72. The van der Waals surface area contributed by atoms with E-state index in [1.807, 2.05) is 6.92 Å². The Hall–Kier alpha value is -2.91. The zero-order valence-corrected chi connectivity index (χ0v) is 20.8. The van der Waals surface area contributed by atoms with Crippen molar-refractivity contribution in [1.29, 1.82) is 0 Å². The number of carbonyl (C=O) groups is 2. The van der Waals surface area contributed by atoms with Crippen molar-refractivity contribution in [3.8, 4) is 5.75 Å². The molecule has 2 aromatic rings. The summed E-state index contributed by atoms with van der Waals surface area (Å²) in [5, 5.41) is 2.55. The molecule has 0 radical (unpaired) electrons. The van der Waals surface area contributed by atoms with Crippen molar-refractivity contribution in [3.05, 3.63) is 62.3 Å². The highest BCUT2D eigenvalue weighted by Gasteiger charge is 2.52. The Morgan fingerprint density at radius 3 is 2.74 bits per heavy atom. The van der Waals surface area contributed by atoms with E-state index in [-0.39, 0.29) is 52.8 Å². The van der Waals surface area contributed by atoms with Crippen molar-refractivity contribution in [2.75, 3.05) is 27.3 Å². The first-order chi connectivity index (χ1) is 16.7. The number of methoxy groups -OCH3 is 1. The highest BCUT2D eigenvalue weighted by Crippen LogP contribution is 2.45. The van der Waals surface area contributed by atoms with Gasteiger partial charge in [0.15, 0.2) is 11.4 Å². The number of unbranched alkanes of at least 4 members (excludes halogenated alkanes) is 1. The van der Waals surface area contributed by atoms with Crippen molar-refractivity contribution in [2.24, 2.45) is 0 Å². The van der Waals surface area contributed by atoms with Crippen LogP contribution in [0.5, 0.6) is 5.75 Å². The Morgan fingerprint density at radius 2 is 2.06 bits per heavy atom. The number of halogens is 2. The van der Waals surface area contributed by atoms with Gasteiger partial charge in [-0.2, -0.15) is 0 Å². The predicted octanol–water partition coefficient (Wildman–Crippen LogP) is 3.34. The molecule has 0 bridgehead atoms. The Bertz CT molecular complexity index is 1210. The first kappa shape index (κ1) is 25.2. The predicted molar refractivity (Wildman–Crippen MR) is 129 cm³/mol. The number of rotatable bonds is 8. The van der Waals surface area contributed by atoms with E-state index in [4.69, 9.17) is 21.1 Å². The fourth-order valence-electron chi connectivity index (χ4n) is 4.79. The topological polar surface area (TPSA) is 89.9 Å². The van der Waals surface area contributed by atoms with Gasteiger partial charge >= 0.3 is 0 Å². The quantitative estimate of drug-likeness (QED) is 0.556. The van der Waals surface area contributed by atoms with E-state index in [1.165, 1.54) is 18.3 Å². The number of hydrogen-bond acceptors (Lipinski definition) is 5. The second-order valence-corrected chi connectivity index (χ2v) is 9.58. The van der Waals surface area contributed by atoms with Crippen LogP contribution in [-0.2, 0) is 16.8 Å². The van der Waals surface area contributed by atoms with E-state index in [2.05, 4.69) is 5.32 Å². The van der Waals surface area contributed by atoms with E-state index in [0.29, 0.717) is 25.8 Å². The number of likely N-dealkylation sites (N-methyl/N-ethyl adjacent to an activating group) is 1. The van der Waals surface area contributed by atoms with Crippen LogP contribution in [0.4, 0.5) is 4.39 Å². The maximum atomic E-state index is 14.3. The molecule has 188 valence electrons. The second kappa shape index (κ2) is 9.99. The zero-order chi connectivity index (χ0) is 25.3. The average molecular weight is 506 g/mol. The Balaban J connectivity index is 1.75. The number of hydrogen-bond donors (Lipinski definition) is 1. The van der Waals surface area contributed by atoms with Crippen molar-refractivity contribution in [2.45, 2.75) is 50.8 Å². The van der Waals surface area contributed by atoms with Crippen LogP contribution in [0.1, 0.15) is 59.0 Å². The first-order valence-electron chi connectivity index (χ1n) is 11.6. The van der Waals surface area contributed by atoms with Crippen molar-refractivity contribution >= 4 is 23.4 Å². The van der Waals surface area contributed by atoms with E-state index in [0.717, 1.165) is 6.42 Å². The highest BCUT2D eigenvalue weighted by atomic mass is 35.5. The number of aromatic nitrogens is 1. The molecule has 1 saturated carbocycles. The number of fused-ring (bicyclic) bond motifs is 2. The second-order valence-electron chi connectivity index (χ2n) is 9.17. The number of carbonyl (C=O) groups excluding carboxylic acids is 2. The summed E-state index contributed by atoms with van der Waals surface area (Å²) in [5.74, 6) is -1.79. The third kappa shape index (κ3) is 4.54. The third-order valence-electron chi connectivity index (χ3n) is 6.77. The van der Waals surface area contributed by atoms with Gasteiger partial charge in [-0.1, -0.05) is 37.1 Å². The summed E-state index contributed by atoms with van der Waals surface area (Å²) in [6.45, 7) is 2.49. The maximum absolute atomic E-state index is 14.3. The van der Waals surface area contributed by atoms with Gasteiger partial charge in [0.2, 0.25) is 5.43 Å². The van der Waals surface area contributed by atoms with Gasteiger partial charge in [-0.25, -0.2) is 4.39 Å². The third-order valence-corrected chi connectivity index (χ3v) is 7.06. The molecule has 35 heavy (non-hydrogen) atoms. The van der Waals surface area contributed by atoms with Gasteiger partial charge in [0.05, 0.1) is 23.3 Å². The maximum Gasteiger partial charge on any atom is 0.274 e. The first-order valence-corrected chi connectivity index (χ1v) is 12.0. The minimum atomic E-state index is -0.686. The minimum absolute atomic E-state index is 0.0106. The summed E-state index contributed by atoms with van der Waals surface area (Å²) in [6, 6.07) is 4.50. The summed E-state index contributed by atoms with van der Waals surface area (Å²) in [7, 11) is 3.32. The average Bonchev–Trinajstić information content (AvgIpc) is 2.81. The van der Waals surface area contributed by atoms with Crippen LogP contribution in [0.3, 0.4) is 0 Å². The Labute approximate surface area is 208 Å². The molecule has 1 aromatic heterocycles. The van der Waals surface area contributed by atoms with Gasteiger partial charge in [0.1, 0.15) is 11.4 Å². The van der Waals surface area contributed by atoms with E-state index in [1.54, 1.807) is 29.7 Å². The van der Waals surface area contributed by atoms with E-state index >= 15 is 0 Å². The van der Waals surface area contributed by atoms with Crippen LogP contribution in [0.15, 0.2) is 29.2 Å². The molecular formula is C25H29ClFN3O5. The molecule has 1 N–H and O–H groups in total. The normalized spacial score (nSPS) is 21.0. The van der Waals surface area contributed by atoms with Crippen LogP contribution in [0.2, 0.25) is 5.02 Å². The lowest BCUT2D eigenvalue weighted by Crippen LogP contribution is -2.61. The number of ether oxygens (including phenoxy) is 2. The molecule has 0 atom stereocenters. The summed E-state index contributed by atoms with van der Waals surface area (Å²) in [5.41, 5.74) is -1.01. The van der Waals surface area contributed by atoms with Gasteiger partial charge < -0.3 is 24.3 Å². The Morgan fingerprint density at radius 1 is 1.31 bits per heavy atom. The van der Waals surface area contributed by atoms with Crippen LogP contribution >= 0.6 is 11.6 Å². The number of nitrogens with zero attached hydrogens (tertiary/aromatic N) is 2. The summed E-state index contributed by atoms with van der Waals surface area (Å²) >= 11 is 5.83. The van der Waals surface area contributed by atoms with Crippen molar-refractivity contribution in [3.63, 3.8) is 0 Å². The fraction of sp³-hybridized carbons (Fsp3) is 0.480. The molecule has 1 spiro atoms. The SMILES string of the molecule is CCCCOc1c2n(cc(C(=O)NCc3cccc(Cl)c3F)c1=O)[C@]1(CN(C)C2=O)C[C@H](OC)C1. The molecule has 8 nitrogen and oxygen atoms in total. The van der Waals surface area contributed by atoms with Crippen LogP contribution in [0.25, 0.3) is 0 Å². The summed E-state index contributed by atoms with van der Waals surface area (Å²) in [4.78, 5) is 41.3. The summed E-state index contributed by atoms with van der Waals surface area (Å²) < 4.78 is 27.3. The van der Waals surface area contributed by atoms with Gasteiger partial charge in [0, 0.05) is 39.0 Å². The number of benzene rings is 1. The highest BCUT2D eigenvalue weighted by molar-refractivity contribution is 6.30. The van der Waals surface area contributed by atoms with E-state index in [9.17, 15) is 18.8 Å². The zero-order valence-electron chi connectivity index (χ0n) is 20.0. The smallest absolute Gasteiger partial charge is 0.274 e. The standard InChI is InChI=1S/C25H29ClFN3O5/c1-4-5-9-35-22-20-24(33)29(2)14-25(10-16(11-25)34-3)30(20)13-17(21(22)31)23(32)28-12-15-7-6-8-18(26)19(15)27/h6-8,13,16H,4-5,9-12,14H2,1-3H3,(H,28,32)/t16-,25+. The van der Waals surface area contributed by atoms with E-state index < -0.39 is 22.7 Å². The monoisotopic (exact) mass is 505 g/mol. The molecule has 1 aliphatic carbocycles. The van der Waals surface area contributed by atoms with Crippen LogP contribution in [0, 0.1) is 5.82 Å². The summed E-state index contributed by atoms with van der Waals surface area (Å²) in [6.07, 6.45) is 4.22. The number of pyridine rings is 1. The molecule has 2 heterocycles. The lowest BCUT2D eigenvalue weighted by molar-refractivity contribution is -0.0673. The Kier molecular flexibility index (Phi) is 7.19. The molecule has 1 aromatic carbocycles. The molecule has 1 aliphatic heterocycles. The minimum Gasteiger partial charge on any atom is -0.487 e. The van der Waals surface area contributed by atoms with Crippen molar-refractivity contribution in [1.82, 2.24) is 14.8 Å². The fourth-order valence-corrected chi connectivity index (χ4v) is 4.98. The van der Waals surface area contributed by atoms with Gasteiger partial charge in [-0.3, -0.25) is 14.4 Å². The number of amides is 2. The lowest BCUT2D eigenvalue weighted by Gasteiger charge is -2.53. The van der Waals surface area contributed by atoms with Crippen LogP contribution < -0.4 is 15.5 Å². The molecular weight excluding hydrogens is 477 g/mol. The molecule has 1 fully saturated rings. The molecule has 0 unspecified atom stereocenters. The van der Waals surface area contributed by atoms with Gasteiger partial charge in [-0.05, 0) is 25.3 Å². The molecule has 2 aliphatic rings. The van der Waals surface area contributed by atoms with Gasteiger partial charge in [0.25, 0.3) is 11.8 Å². The van der Waals surface area contributed by atoms with Crippen LogP contribution in [-0.4, -0.2) is 54.7 Å². The molecule has 10 heteroatoms. The van der Waals surface area contributed by atoms with Crippen molar-refractivity contribution < 1.29 is 23.5 Å². The van der Waals surface area contributed by atoms with Gasteiger partial charge in [-0.15, -0.1) is 0 Å². The molecule has 4 rings (SSSR count). The number of nitrogens with one attached hydrogen (secondary N) is 1. The molecule has 2 amide bonds. The molecule has 0 saturated heterocycles.